The van der Waals surface area contributed by atoms with Gasteiger partial charge in [0.25, 0.3) is 0 Å². The highest BCUT2D eigenvalue weighted by Crippen LogP contribution is 2.59. The molecule has 0 N–H and O–H groups in total. The van der Waals surface area contributed by atoms with E-state index < -0.39 is 0 Å². The average Bonchev–Trinajstić information content (AvgIpc) is 1.70. The van der Waals surface area contributed by atoms with Crippen LogP contribution in [0.25, 0.3) is 43.5 Å². The Bertz CT molecular complexity index is 5190. The molecule has 0 bridgehead atoms. The molecule has 478 valence electrons. The Kier molecular flexibility index (Phi) is 15.1. The minimum Gasteiger partial charge on any atom is -0.448 e. The van der Waals surface area contributed by atoms with Crippen LogP contribution in [0.15, 0.2) is 185 Å². The van der Waals surface area contributed by atoms with Crippen LogP contribution in [0.3, 0.4) is 0 Å². The molecule has 10 nitrogen and oxygen atoms in total. The second kappa shape index (κ2) is 23.0. The molecule has 0 atom stereocenters. The van der Waals surface area contributed by atoms with Crippen molar-refractivity contribution >= 4 is 94.9 Å². The van der Waals surface area contributed by atoms with E-state index in [1.165, 1.54) is 67.0 Å². The zero-order valence-electron chi connectivity index (χ0n) is 58.0. The highest BCUT2D eigenvalue weighted by molar-refractivity contribution is 6.06. The molecule has 0 amide bonds. The van der Waals surface area contributed by atoms with Crippen molar-refractivity contribution in [2.75, 3.05) is 14.7 Å². The monoisotopic (exact) mass is 1250 g/mol. The molecule has 0 saturated carbocycles. The summed E-state index contributed by atoms with van der Waals surface area (Å²) < 4.78 is 31.5. The number of benzene rings is 9. The Hall–Kier alpha value is -10.3. The van der Waals surface area contributed by atoms with Gasteiger partial charge < -0.3 is 23.0 Å². The highest BCUT2D eigenvalue weighted by atomic mass is 16.6. The summed E-state index contributed by atoms with van der Waals surface area (Å²) in [6.45, 7) is 39.7. The first kappa shape index (κ1) is 62.1. The van der Waals surface area contributed by atoms with Crippen molar-refractivity contribution in [3.05, 3.63) is 243 Å². The van der Waals surface area contributed by atoms with Crippen LogP contribution in [0.1, 0.15) is 129 Å². The van der Waals surface area contributed by atoms with E-state index in [9.17, 15) is 0 Å². The zero-order valence-corrected chi connectivity index (χ0v) is 58.0. The number of fused-ring (bicyclic) bond motifs is 14. The number of ether oxygens (including phenoxy) is 3. The van der Waals surface area contributed by atoms with Crippen molar-refractivity contribution in [2.24, 2.45) is 0 Å². The van der Waals surface area contributed by atoms with Gasteiger partial charge in [0.1, 0.15) is 22.5 Å². The SMILES string of the molecule is Cc1cc(C(C)(C)C)cc(C)c1N1c2ccccc2Oc2oc3c(C)cccc3c21.Cc1cc(C(C)(C)C)cc(C)c1N1c2ncc3ccccc3c2Oc2c1ncc1cccc(C)c21.Cc1ccc2c3c(oc2c1)Oc1ccccc1N3c1c(C)cc(C(C)(C)C)cc1C. The van der Waals surface area contributed by atoms with Crippen LogP contribution in [0, 0.1) is 62.3 Å². The van der Waals surface area contributed by atoms with Crippen molar-refractivity contribution in [1.29, 1.82) is 0 Å². The van der Waals surface area contributed by atoms with E-state index in [0.29, 0.717) is 11.9 Å². The quantitative estimate of drug-likeness (QED) is 0.170. The van der Waals surface area contributed by atoms with Gasteiger partial charge in [0.2, 0.25) is 0 Å². The molecule has 0 fully saturated rings. The Morgan fingerprint density at radius 3 is 1.32 bits per heavy atom. The number of nitrogens with zero attached hydrogens (tertiary/aromatic N) is 5. The van der Waals surface area contributed by atoms with Crippen LogP contribution in [0.4, 0.5) is 51.4 Å². The van der Waals surface area contributed by atoms with Crippen LogP contribution >= 0.6 is 0 Å². The van der Waals surface area contributed by atoms with Gasteiger partial charge in [0.15, 0.2) is 34.6 Å². The number of pyridine rings is 2. The second-order valence-corrected chi connectivity index (χ2v) is 29.2. The predicted octanol–water partition coefficient (Wildman–Crippen LogP) is 25.0. The lowest BCUT2D eigenvalue weighted by Gasteiger charge is -2.34. The van der Waals surface area contributed by atoms with Gasteiger partial charge in [0, 0.05) is 44.7 Å². The molecule has 4 aromatic heterocycles. The van der Waals surface area contributed by atoms with Crippen LogP contribution < -0.4 is 28.9 Å². The average molecular weight is 1250 g/mol. The summed E-state index contributed by atoms with van der Waals surface area (Å²) in [5.74, 6) is 5.81. The number of aryl methyl sites for hydroxylation is 9. The number of para-hydroxylation sites is 5. The van der Waals surface area contributed by atoms with Crippen molar-refractivity contribution < 1.29 is 23.0 Å². The number of hydrogen-bond acceptors (Lipinski definition) is 10. The van der Waals surface area contributed by atoms with Crippen LogP contribution in [0.5, 0.6) is 34.9 Å². The molecule has 95 heavy (non-hydrogen) atoms. The molecule has 0 aliphatic carbocycles. The third-order valence-electron chi connectivity index (χ3n) is 18.9. The van der Waals surface area contributed by atoms with E-state index in [0.717, 1.165) is 118 Å². The molecule has 3 aliphatic rings. The number of aromatic nitrogens is 2. The van der Waals surface area contributed by atoms with Crippen molar-refractivity contribution in [3.63, 3.8) is 0 Å². The highest BCUT2D eigenvalue weighted by Gasteiger charge is 2.38. The van der Waals surface area contributed by atoms with Gasteiger partial charge in [-0.25, -0.2) is 9.97 Å². The van der Waals surface area contributed by atoms with Gasteiger partial charge in [0.05, 0.1) is 28.4 Å². The first-order valence-electron chi connectivity index (χ1n) is 33.0. The normalized spacial score (nSPS) is 13.1. The summed E-state index contributed by atoms with van der Waals surface area (Å²) in [6, 6.07) is 57.3. The smallest absolute Gasteiger partial charge is 0.316 e. The van der Waals surface area contributed by atoms with Gasteiger partial charge in [-0.15, -0.1) is 0 Å². The van der Waals surface area contributed by atoms with Crippen LogP contribution in [-0.4, -0.2) is 9.97 Å². The molecule has 0 saturated heterocycles. The zero-order chi connectivity index (χ0) is 66.9. The maximum absolute atomic E-state index is 6.73. The third kappa shape index (κ3) is 10.8. The van der Waals surface area contributed by atoms with E-state index in [1.807, 2.05) is 48.8 Å². The summed E-state index contributed by atoms with van der Waals surface area (Å²) in [5, 5.41) is 6.37. The van der Waals surface area contributed by atoms with Gasteiger partial charge >= 0.3 is 11.9 Å². The summed E-state index contributed by atoms with van der Waals surface area (Å²) in [4.78, 5) is 16.7. The molecule has 0 spiro atoms. The van der Waals surface area contributed by atoms with E-state index >= 15 is 0 Å². The summed E-state index contributed by atoms with van der Waals surface area (Å²) in [5.41, 5.74) is 24.2. The topological polar surface area (TPSA) is 89.5 Å². The van der Waals surface area contributed by atoms with Crippen LogP contribution in [0.2, 0.25) is 0 Å². The minimum absolute atomic E-state index is 0.0644. The Morgan fingerprint density at radius 1 is 0.337 bits per heavy atom. The fraction of sp³-hybridized carbons (Fsp3) is 0.247. The first-order chi connectivity index (χ1) is 45.2. The Balaban J connectivity index is 0.000000123. The molecule has 7 heterocycles. The molecule has 0 radical (unpaired) electrons. The van der Waals surface area contributed by atoms with Gasteiger partial charge in [-0.05, 0) is 188 Å². The number of hydrogen-bond donors (Lipinski definition) is 0. The van der Waals surface area contributed by atoms with E-state index in [-0.39, 0.29) is 16.2 Å². The van der Waals surface area contributed by atoms with Gasteiger partial charge in [-0.3, -0.25) is 14.7 Å². The standard InChI is InChI=1S/C31H29N3O.2C27H27NO2/c1-18-10-9-12-22-17-33-30-28(25(18)22)35-27-24-13-8-7-11-21(24)16-32-29(27)34(30)26-19(2)14-23(15-20(26)3)31(4,5)6;1-16-10-9-11-20-24-26(30-25(16)20)29-22-13-8-7-12-21(22)28(24)23-17(2)14-19(15-18(23)3)27(4,5)6;1-16-11-12-20-23(13-16)30-26-25(20)28(21-9-7-8-10-22(21)29-26)24-17(2)14-19(15-18(24)3)27(4,5)6/h7-17H,1-6H3;2*7-15H,1-6H3. The lowest BCUT2D eigenvalue weighted by Crippen LogP contribution is -2.21. The van der Waals surface area contributed by atoms with Gasteiger partial charge in [-0.1, -0.05) is 184 Å². The van der Waals surface area contributed by atoms with E-state index in [2.05, 4.69) is 267 Å². The Labute approximate surface area is 558 Å². The van der Waals surface area contributed by atoms with Gasteiger partial charge in [-0.2, -0.15) is 0 Å². The summed E-state index contributed by atoms with van der Waals surface area (Å²) in [6.07, 6.45) is 3.87. The minimum atomic E-state index is 0.0644. The summed E-state index contributed by atoms with van der Waals surface area (Å²) in [7, 11) is 0. The molecule has 0 unspecified atom stereocenters. The van der Waals surface area contributed by atoms with E-state index in [1.54, 1.807) is 0 Å². The maximum Gasteiger partial charge on any atom is 0.316 e. The van der Waals surface area contributed by atoms with Crippen molar-refractivity contribution in [1.82, 2.24) is 9.97 Å². The van der Waals surface area contributed by atoms with Crippen molar-refractivity contribution in [2.45, 2.75) is 141 Å². The molecule has 16 rings (SSSR count). The molecular formula is C85H83N5O5. The fourth-order valence-corrected chi connectivity index (χ4v) is 14.0. The first-order valence-corrected chi connectivity index (χ1v) is 33.0. The predicted molar refractivity (Wildman–Crippen MR) is 392 cm³/mol. The summed E-state index contributed by atoms with van der Waals surface area (Å²) >= 11 is 0. The molecule has 3 aliphatic heterocycles. The lowest BCUT2D eigenvalue weighted by molar-refractivity contribution is 0.357. The molecule has 9 aromatic carbocycles. The number of furan rings is 2. The Morgan fingerprint density at radius 2 is 0.768 bits per heavy atom. The number of rotatable bonds is 3. The lowest BCUT2D eigenvalue weighted by atomic mass is 9.84. The molecule has 10 heteroatoms. The molecular weight excluding hydrogens is 1170 g/mol. The molecule has 13 aromatic rings. The van der Waals surface area contributed by atoms with E-state index in [4.69, 9.17) is 33.0 Å². The third-order valence-corrected chi connectivity index (χ3v) is 18.9. The number of anilines is 9. The largest absolute Gasteiger partial charge is 0.448 e. The fourth-order valence-electron chi connectivity index (χ4n) is 14.0. The maximum atomic E-state index is 6.73. The van der Waals surface area contributed by atoms with Crippen LogP contribution in [-0.2, 0) is 16.2 Å². The van der Waals surface area contributed by atoms with Crippen molar-refractivity contribution in [3.8, 4) is 34.9 Å². The second-order valence-electron chi connectivity index (χ2n) is 29.2.